The van der Waals surface area contributed by atoms with Crippen molar-refractivity contribution in [2.45, 2.75) is 19.5 Å². The molecule has 0 saturated heterocycles. The fourth-order valence-electron chi connectivity index (χ4n) is 4.63. The molecule has 3 heterocycles. The number of carbonyl (C=O) groups is 1. The number of H-pyrrole nitrogens is 1. The number of rotatable bonds is 8. The second-order valence-electron chi connectivity index (χ2n) is 9.04. The summed E-state index contributed by atoms with van der Waals surface area (Å²) < 4.78 is 58.5. The number of aryl methyl sites for hydroxylation is 1. The Morgan fingerprint density at radius 1 is 1.00 bits per heavy atom. The van der Waals surface area contributed by atoms with Crippen molar-refractivity contribution < 1.29 is 32.2 Å². The number of ether oxygens (including phenoxy) is 3. The van der Waals surface area contributed by atoms with Gasteiger partial charge in [0.05, 0.1) is 27.0 Å². The molecule has 40 heavy (non-hydrogen) atoms. The van der Waals surface area contributed by atoms with Crippen LogP contribution in [0.2, 0.25) is 0 Å². The number of methoxy groups -OCH3 is 3. The van der Waals surface area contributed by atoms with Crippen LogP contribution < -0.4 is 19.5 Å². The van der Waals surface area contributed by atoms with Gasteiger partial charge in [-0.25, -0.2) is 9.50 Å². The van der Waals surface area contributed by atoms with Crippen LogP contribution in [-0.4, -0.2) is 53.4 Å². The van der Waals surface area contributed by atoms with Gasteiger partial charge in [-0.1, -0.05) is 0 Å². The maximum Gasteiger partial charge on any atom is 0.433 e. The van der Waals surface area contributed by atoms with Gasteiger partial charge in [-0.15, -0.1) is 0 Å². The van der Waals surface area contributed by atoms with E-state index in [-0.39, 0.29) is 23.6 Å². The summed E-state index contributed by atoms with van der Waals surface area (Å²) in [5, 5.41) is 7.66. The smallest absolute Gasteiger partial charge is 0.433 e. The average molecular weight is 554 g/mol. The van der Waals surface area contributed by atoms with Crippen molar-refractivity contribution in [3.05, 3.63) is 71.2 Å². The highest BCUT2D eigenvalue weighted by Crippen LogP contribution is 2.35. The zero-order chi connectivity index (χ0) is 28.6. The van der Waals surface area contributed by atoms with Gasteiger partial charge in [0.25, 0.3) is 5.91 Å². The minimum atomic E-state index is -4.75. The van der Waals surface area contributed by atoms with E-state index in [0.29, 0.717) is 33.7 Å². The molecular weight excluding hydrogens is 527 g/mol. The zero-order valence-electron chi connectivity index (χ0n) is 22.1. The van der Waals surface area contributed by atoms with Gasteiger partial charge in [0.15, 0.2) is 28.5 Å². The number of carbonyl (C=O) groups excluding carboxylic acids is 1. The van der Waals surface area contributed by atoms with Crippen molar-refractivity contribution in [3.8, 4) is 28.5 Å². The molecule has 1 amide bonds. The summed E-state index contributed by atoms with van der Waals surface area (Å²) in [7, 11) is 4.48. The number of aromatic amines is 1. The van der Waals surface area contributed by atoms with Crippen LogP contribution in [0.1, 0.15) is 27.4 Å². The lowest BCUT2D eigenvalue weighted by Gasteiger charge is -2.12. The van der Waals surface area contributed by atoms with Crippen LogP contribution in [0.4, 0.5) is 13.2 Å². The summed E-state index contributed by atoms with van der Waals surface area (Å²) in [6.45, 7) is 2.18. The molecule has 208 valence electrons. The van der Waals surface area contributed by atoms with Crippen LogP contribution in [0.15, 0.2) is 48.5 Å². The Labute approximate surface area is 226 Å². The molecule has 2 aromatic carbocycles. The Balaban J connectivity index is 1.42. The lowest BCUT2D eigenvalue weighted by molar-refractivity contribution is -0.142. The largest absolute Gasteiger partial charge is 0.497 e. The maximum absolute atomic E-state index is 14.0. The topological polar surface area (TPSA) is 103 Å². The lowest BCUT2D eigenvalue weighted by atomic mass is 10.1. The molecule has 12 heteroatoms. The molecule has 5 rings (SSSR count). The molecule has 0 spiro atoms. The summed E-state index contributed by atoms with van der Waals surface area (Å²) >= 11 is 0. The number of hydrogen-bond acceptors (Lipinski definition) is 6. The van der Waals surface area contributed by atoms with Crippen LogP contribution in [0, 0.1) is 6.92 Å². The van der Waals surface area contributed by atoms with Gasteiger partial charge >= 0.3 is 6.18 Å². The Morgan fingerprint density at radius 2 is 1.77 bits per heavy atom. The lowest BCUT2D eigenvalue weighted by Crippen LogP contribution is -2.26. The number of amides is 1. The molecule has 0 aliphatic rings. The number of fused-ring (bicyclic) bond motifs is 2. The predicted octanol–water partition coefficient (Wildman–Crippen LogP) is 5.20. The van der Waals surface area contributed by atoms with Crippen molar-refractivity contribution >= 4 is 22.5 Å². The normalized spacial score (nSPS) is 11.7. The number of aromatic nitrogens is 4. The molecule has 0 bridgehead atoms. The Hall–Kier alpha value is -4.74. The molecule has 0 fully saturated rings. The SMILES string of the molecule is COc1ccc2[nH]c(C)c(CCNC(=O)c3cc4nc(-c5ccc(OC)c(OC)c5)cc(C(F)(F)F)n4n3)c2c1. The highest BCUT2D eigenvalue weighted by molar-refractivity contribution is 5.93. The molecule has 0 aliphatic carbocycles. The van der Waals surface area contributed by atoms with Crippen LogP contribution in [0.3, 0.4) is 0 Å². The molecule has 2 N–H and O–H groups in total. The number of nitrogens with zero attached hydrogens (tertiary/aromatic N) is 3. The van der Waals surface area contributed by atoms with E-state index in [4.69, 9.17) is 14.2 Å². The summed E-state index contributed by atoms with van der Waals surface area (Å²) in [6.07, 6.45) is -4.26. The van der Waals surface area contributed by atoms with Gasteiger partial charge in [0, 0.05) is 34.8 Å². The molecule has 0 aliphatic heterocycles. The molecule has 5 aromatic rings. The average Bonchev–Trinajstić information content (AvgIpc) is 3.51. The molecule has 0 radical (unpaired) electrons. The van der Waals surface area contributed by atoms with E-state index >= 15 is 0 Å². The first-order valence-corrected chi connectivity index (χ1v) is 12.3. The van der Waals surface area contributed by atoms with E-state index in [1.54, 1.807) is 19.2 Å². The van der Waals surface area contributed by atoms with E-state index in [0.717, 1.165) is 28.2 Å². The molecule has 9 nitrogen and oxygen atoms in total. The van der Waals surface area contributed by atoms with Crippen LogP contribution in [0.5, 0.6) is 17.2 Å². The number of nitrogens with one attached hydrogen (secondary N) is 2. The Bertz CT molecular complexity index is 1730. The molecular formula is C28H26F3N5O4. The minimum Gasteiger partial charge on any atom is -0.497 e. The van der Waals surface area contributed by atoms with Crippen LogP contribution >= 0.6 is 0 Å². The highest BCUT2D eigenvalue weighted by atomic mass is 19.4. The Morgan fingerprint density at radius 3 is 2.48 bits per heavy atom. The van der Waals surface area contributed by atoms with Crippen LogP contribution in [-0.2, 0) is 12.6 Å². The molecule has 0 atom stereocenters. The van der Waals surface area contributed by atoms with E-state index in [1.807, 2.05) is 25.1 Å². The second kappa shape index (κ2) is 10.4. The summed E-state index contributed by atoms with van der Waals surface area (Å²) in [6, 6.07) is 12.5. The fourth-order valence-corrected chi connectivity index (χ4v) is 4.63. The van der Waals surface area contributed by atoms with Crippen molar-refractivity contribution in [3.63, 3.8) is 0 Å². The highest BCUT2D eigenvalue weighted by Gasteiger charge is 2.35. The van der Waals surface area contributed by atoms with Crippen molar-refractivity contribution in [2.75, 3.05) is 27.9 Å². The monoisotopic (exact) mass is 553 g/mol. The van der Waals surface area contributed by atoms with Crippen LogP contribution in [0.25, 0.3) is 27.8 Å². The molecule has 0 saturated carbocycles. The van der Waals surface area contributed by atoms with E-state index in [2.05, 4.69) is 20.4 Å². The van der Waals surface area contributed by atoms with Gasteiger partial charge in [-0.3, -0.25) is 4.79 Å². The zero-order valence-corrected chi connectivity index (χ0v) is 22.1. The number of hydrogen-bond donors (Lipinski definition) is 2. The van der Waals surface area contributed by atoms with E-state index < -0.39 is 17.8 Å². The third-order valence-corrected chi connectivity index (χ3v) is 6.62. The van der Waals surface area contributed by atoms with Crippen molar-refractivity contribution in [1.29, 1.82) is 0 Å². The predicted molar refractivity (Wildman–Crippen MR) is 142 cm³/mol. The Kier molecular flexibility index (Phi) is 7.01. The molecule has 3 aromatic heterocycles. The quantitative estimate of drug-likeness (QED) is 0.274. The maximum atomic E-state index is 14.0. The van der Waals surface area contributed by atoms with Gasteiger partial charge < -0.3 is 24.5 Å². The van der Waals surface area contributed by atoms with E-state index in [1.165, 1.54) is 26.4 Å². The number of benzene rings is 2. The first kappa shape index (κ1) is 26.9. The van der Waals surface area contributed by atoms with Gasteiger partial charge in [-0.05, 0) is 61.4 Å². The minimum absolute atomic E-state index is 0.0397. The number of halogens is 3. The second-order valence-corrected chi connectivity index (χ2v) is 9.04. The summed E-state index contributed by atoms with van der Waals surface area (Å²) in [5.74, 6) is 0.865. The fraction of sp³-hybridized carbons (Fsp3) is 0.250. The third kappa shape index (κ3) is 4.99. The van der Waals surface area contributed by atoms with Gasteiger partial charge in [0.2, 0.25) is 0 Å². The van der Waals surface area contributed by atoms with Crippen molar-refractivity contribution in [2.24, 2.45) is 0 Å². The van der Waals surface area contributed by atoms with Crippen molar-refractivity contribution in [1.82, 2.24) is 24.9 Å². The third-order valence-electron chi connectivity index (χ3n) is 6.62. The summed E-state index contributed by atoms with van der Waals surface area (Å²) in [5.41, 5.74) is 1.95. The van der Waals surface area contributed by atoms with Gasteiger partial charge in [-0.2, -0.15) is 18.3 Å². The van der Waals surface area contributed by atoms with E-state index in [9.17, 15) is 18.0 Å². The molecule has 0 unspecified atom stereocenters. The summed E-state index contributed by atoms with van der Waals surface area (Å²) in [4.78, 5) is 20.6. The first-order chi connectivity index (χ1) is 19.1. The first-order valence-electron chi connectivity index (χ1n) is 12.3. The van der Waals surface area contributed by atoms with Gasteiger partial charge in [0.1, 0.15) is 5.75 Å². The standard InChI is InChI=1S/C28H26F3N5O4/c1-15-18(19-12-17(38-2)6-7-20(19)33-15)9-10-32-27(37)22-14-26-34-21(13-25(28(29,30)31)36(26)35-22)16-5-8-23(39-3)24(11-16)40-4/h5-8,11-14,33H,9-10H2,1-4H3,(H,32,37). The number of alkyl halides is 3.